The van der Waals surface area contributed by atoms with Crippen LogP contribution in [0.3, 0.4) is 0 Å². The van der Waals surface area contributed by atoms with Crippen LogP contribution in [0, 0.1) is 6.92 Å². The van der Waals surface area contributed by atoms with E-state index in [0.717, 1.165) is 16.6 Å². The van der Waals surface area contributed by atoms with Crippen molar-refractivity contribution in [3.63, 3.8) is 0 Å². The number of aliphatic hydroxyl groups is 1. The molecular formula is C17H19BrO2. The van der Waals surface area contributed by atoms with Crippen LogP contribution < -0.4 is 4.74 Å². The van der Waals surface area contributed by atoms with E-state index in [1.165, 1.54) is 11.1 Å². The molecule has 0 saturated carbocycles. The molecule has 20 heavy (non-hydrogen) atoms. The zero-order valence-corrected chi connectivity index (χ0v) is 13.1. The van der Waals surface area contributed by atoms with Crippen molar-refractivity contribution in [3.05, 3.63) is 64.1 Å². The van der Waals surface area contributed by atoms with Gasteiger partial charge in [0.15, 0.2) is 0 Å². The van der Waals surface area contributed by atoms with E-state index in [1.807, 2.05) is 36.4 Å². The molecule has 0 aromatic heterocycles. The van der Waals surface area contributed by atoms with E-state index in [0.29, 0.717) is 6.61 Å². The average molecular weight is 335 g/mol. The zero-order chi connectivity index (χ0) is 14.4. The second-order valence-corrected chi connectivity index (χ2v) is 5.74. The van der Waals surface area contributed by atoms with E-state index in [2.05, 4.69) is 35.0 Å². The Balaban J connectivity index is 1.91. The molecule has 0 radical (unpaired) electrons. The summed E-state index contributed by atoms with van der Waals surface area (Å²) in [7, 11) is 0. The number of hydrogen-bond acceptors (Lipinski definition) is 2. The summed E-state index contributed by atoms with van der Waals surface area (Å²) in [6.07, 6.45) is 0.803. The lowest BCUT2D eigenvalue weighted by Crippen LogP contribution is -2.10. The van der Waals surface area contributed by atoms with Gasteiger partial charge in [-0.2, -0.15) is 0 Å². The average Bonchev–Trinajstić information content (AvgIpc) is 2.47. The van der Waals surface area contributed by atoms with E-state index in [-0.39, 0.29) is 12.5 Å². The summed E-state index contributed by atoms with van der Waals surface area (Å²) in [6, 6.07) is 16.0. The minimum Gasteiger partial charge on any atom is -0.494 e. The Bertz CT molecular complexity index is 537. The zero-order valence-electron chi connectivity index (χ0n) is 11.6. The van der Waals surface area contributed by atoms with Gasteiger partial charge in [0.05, 0.1) is 13.2 Å². The van der Waals surface area contributed by atoms with Crippen LogP contribution in [0.5, 0.6) is 5.75 Å². The fourth-order valence-corrected chi connectivity index (χ4v) is 2.50. The molecule has 0 fully saturated rings. The Morgan fingerprint density at radius 2 is 1.80 bits per heavy atom. The highest BCUT2D eigenvalue weighted by atomic mass is 79.9. The Morgan fingerprint density at radius 1 is 1.10 bits per heavy atom. The summed E-state index contributed by atoms with van der Waals surface area (Å²) in [5.74, 6) is 0.987. The van der Waals surface area contributed by atoms with Crippen molar-refractivity contribution in [2.75, 3.05) is 13.2 Å². The number of halogens is 1. The molecule has 2 aromatic carbocycles. The Labute approximate surface area is 128 Å². The van der Waals surface area contributed by atoms with Gasteiger partial charge in [0.25, 0.3) is 0 Å². The van der Waals surface area contributed by atoms with Crippen molar-refractivity contribution < 1.29 is 9.84 Å². The fraction of sp³-hybridized carbons (Fsp3) is 0.294. The van der Waals surface area contributed by atoms with Gasteiger partial charge in [0, 0.05) is 10.4 Å². The molecule has 0 spiro atoms. The molecule has 0 amide bonds. The smallest absolute Gasteiger partial charge is 0.119 e. The van der Waals surface area contributed by atoms with Crippen LogP contribution in [0.4, 0.5) is 0 Å². The highest BCUT2D eigenvalue weighted by Crippen LogP contribution is 2.23. The lowest BCUT2D eigenvalue weighted by atomic mass is 9.93. The van der Waals surface area contributed by atoms with Crippen molar-refractivity contribution in [2.45, 2.75) is 19.3 Å². The molecule has 1 unspecified atom stereocenters. The van der Waals surface area contributed by atoms with E-state index in [4.69, 9.17) is 4.74 Å². The predicted octanol–water partition coefficient (Wildman–Crippen LogP) is 4.30. The lowest BCUT2D eigenvalue weighted by molar-refractivity contribution is 0.229. The van der Waals surface area contributed by atoms with Crippen LogP contribution in [0.15, 0.2) is 53.0 Å². The normalized spacial score (nSPS) is 12.2. The second kappa shape index (κ2) is 7.46. The molecule has 0 aliphatic carbocycles. The van der Waals surface area contributed by atoms with E-state index in [1.54, 1.807) is 0 Å². The van der Waals surface area contributed by atoms with Crippen molar-refractivity contribution in [1.29, 1.82) is 0 Å². The molecule has 2 aromatic rings. The molecule has 0 aliphatic heterocycles. The second-order valence-electron chi connectivity index (χ2n) is 4.83. The number of rotatable bonds is 6. The monoisotopic (exact) mass is 334 g/mol. The van der Waals surface area contributed by atoms with Crippen LogP contribution in [0.25, 0.3) is 0 Å². The van der Waals surface area contributed by atoms with E-state index in [9.17, 15) is 5.11 Å². The highest BCUT2D eigenvalue weighted by molar-refractivity contribution is 9.10. The third-order valence-electron chi connectivity index (χ3n) is 3.40. The predicted molar refractivity (Wildman–Crippen MR) is 85.3 cm³/mol. The lowest BCUT2D eigenvalue weighted by Gasteiger charge is -2.17. The van der Waals surface area contributed by atoms with Gasteiger partial charge in [-0.25, -0.2) is 0 Å². The van der Waals surface area contributed by atoms with Gasteiger partial charge < -0.3 is 9.84 Å². The van der Waals surface area contributed by atoms with Gasteiger partial charge >= 0.3 is 0 Å². The van der Waals surface area contributed by atoms with Crippen molar-refractivity contribution in [1.82, 2.24) is 0 Å². The number of aliphatic hydroxyl groups excluding tert-OH is 1. The van der Waals surface area contributed by atoms with Crippen LogP contribution in [-0.2, 0) is 0 Å². The molecule has 1 N–H and O–H groups in total. The molecule has 106 valence electrons. The summed E-state index contributed by atoms with van der Waals surface area (Å²) in [6.45, 7) is 2.82. The standard InChI is InChI=1S/C17H19BrO2/c1-13-4-2-3-5-17(13)14(12-19)10-11-20-16-8-6-15(18)7-9-16/h2-9,14,19H,10-12H2,1H3. The first kappa shape index (κ1) is 15.1. The van der Waals surface area contributed by atoms with E-state index < -0.39 is 0 Å². The van der Waals surface area contributed by atoms with Crippen molar-refractivity contribution >= 4 is 15.9 Å². The highest BCUT2D eigenvalue weighted by Gasteiger charge is 2.12. The molecule has 2 rings (SSSR count). The molecule has 3 heteroatoms. The molecule has 0 bridgehead atoms. The first-order valence-electron chi connectivity index (χ1n) is 6.75. The maximum absolute atomic E-state index is 9.58. The van der Waals surface area contributed by atoms with E-state index >= 15 is 0 Å². The summed E-state index contributed by atoms with van der Waals surface area (Å²) < 4.78 is 6.76. The topological polar surface area (TPSA) is 29.5 Å². The number of hydrogen-bond donors (Lipinski definition) is 1. The molecule has 1 atom stereocenters. The summed E-state index contributed by atoms with van der Waals surface area (Å²) in [4.78, 5) is 0. The van der Waals surface area contributed by atoms with Gasteiger partial charge in [0.1, 0.15) is 5.75 Å². The van der Waals surface area contributed by atoms with Crippen LogP contribution in [0.2, 0.25) is 0 Å². The Hall–Kier alpha value is -1.32. The van der Waals surface area contributed by atoms with Gasteiger partial charge in [-0.15, -0.1) is 0 Å². The largest absolute Gasteiger partial charge is 0.494 e. The first-order chi connectivity index (χ1) is 9.70. The van der Waals surface area contributed by atoms with Gasteiger partial charge in [-0.3, -0.25) is 0 Å². The minimum atomic E-state index is 0.131. The van der Waals surface area contributed by atoms with Crippen molar-refractivity contribution in [3.8, 4) is 5.75 Å². The van der Waals surface area contributed by atoms with Crippen LogP contribution in [-0.4, -0.2) is 18.3 Å². The van der Waals surface area contributed by atoms with Gasteiger partial charge in [-0.05, 0) is 48.7 Å². The maximum Gasteiger partial charge on any atom is 0.119 e. The first-order valence-corrected chi connectivity index (χ1v) is 7.54. The van der Waals surface area contributed by atoms with Crippen LogP contribution >= 0.6 is 15.9 Å². The minimum absolute atomic E-state index is 0.131. The molecule has 0 aliphatic rings. The Kier molecular flexibility index (Phi) is 5.62. The quantitative estimate of drug-likeness (QED) is 0.853. The summed E-state index contributed by atoms with van der Waals surface area (Å²) in [5, 5.41) is 9.58. The molecule has 0 saturated heterocycles. The fourth-order valence-electron chi connectivity index (χ4n) is 2.24. The summed E-state index contributed by atoms with van der Waals surface area (Å²) in [5.41, 5.74) is 2.42. The Morgan fingerprint density at radius 3 is 2.45 bits per heavy atom. The van der Waals surface area contributed by atoms with Crippen molar-refractivity contribution in [2.24, 2.45) is 0 Å². The van der Waals surface area contributed by atoms with Gasteiger partial charge in [0.2, 0.25) is 0 Å². The third kappa shape index (κ3) is 4.09. The number of aryl methyl sites for hydroxylation is 1. The SMILES string of the molecule is Cc1ccccc1C(CO)CCOc1ccc(Br)cc1. The molecule has 0 heterocycles. The third-order valence-corrected chi connectivity index (χ3v) is 3.93. The van der Waals surface area contributed by atoms with Gasteiger partial charge in [-0.1, -0.05) is 40.2 Å². The summed E-state index contributed by atoms with van der Waals surface area (Å²) >= 11 is 3.40. The molecule has 2 nitrogen and oxygen atoms in total. The number of ether oxygens (including phenoxy) is 1. The van der Waals surface area contributed by atoms with Crippen LogP contribution in [0.1, 0.15) is 23.5 Å². The molecular weight excluding hydrogens is 316 g/mol. The number of benzene rings is 2. The maximum atomic E-state index is 9.58.